The van der Waals surface area contributed by atoms with Crippen LogP contribution in [0.1, 0.15) is 40.5 Å². The zero-order valence-electron chi connectivity index (χ0n) is 12.6. The van der Waals surface area contributed by atoms with Crippen molar-refractivity contribution in [2.24, 2.45) is 11.1 Å². The van der Waals surface area contributed by atoms with Crippen LogP contribution in [0, 0.1) is 5.41 Å². The highest BCUT2D eigenvalue weighted by atomic mass is 16.4. The molecule has 0 aromatic heterocycles. The van der Waals surface area contributed by atoms with Crippen LogP contribution in [0.3, 0.4) is 0 Å². The van der Waals surface area contributed by atoms with E-state index in [0.717, 1.165) is 0 Å². The molecule has 4 N–H and O–H groups in total. The fraction of sp³-hybridized carbons (Fsp3) is 0.769. The van der Waals surface area contributed by atoms with Gasteiger partial charge in [-0.05, 0) is 26.7 Å². The number of aliphatic carboxylic acids is 1. The highest BCUT2D eigenvalue weighted by molar-refractivity contribution is 5.83. The van der Waals surface area contributed by atoms with Crippen LogP contribution in [0.5, 0.6) is 0 Å². The molecule has 20 heavy (non-hydrogen) atoms. The molecule has 7 nitrogen and oxygen atoms in total. The average Bonchev–Trinajstić information content (AvgIpc) is 2.36. The predicted molar refractivity (Wildman–Crippen MR) is 75.1 cm³/mol. The van der Waals surface area contributed by atoms with Crippen LogP contribution >= 0.6 is 0 Å². The SMILES string of the molecule is CCC(CC)(CNC(=O)N(CC(N)=O)C(C)C)C(=O)O. The van der Waals surface area contributed by atoms with Gasteiger partial charge in [-0.2, -0.15) is 0 Å². The van der Waals surface area contributed by atoms with Gasteiger partial charge < -0.3 is 21.1 Å². The van der Waals surface area contributed by atoms with Gasteiger partial charge in [0.15, 0.2) is 0 Å². The molecule has 0 aromatic carbocycles. The van der Waals surface area contributed by atoms with Crippen molar-refractivity contribution in [2.75, 3.05) is 13.1 Å². The summed E-state index contributed by atoms with van der Waals surface area (Å²) in [7, 11) is 0. The van der Waals surface area contributed by atoms with Crippen molar-refractivity contribution >= 4 is 17.9 Å². The lowest BCUT2D eigenvalue weighted by molar-refractivity contribution is -0.149. The van der Waals surface area contributed by atoms with E-state index in [4.69, 9.17) is 5.73 Å². The van der Waals surface area contributed by atoms with Crippen LogP contribution in [-0.4, -0.2) is 47.0 Å². The summed E-state index contributed by atoms with van der Waals surface area (Å²) in [6, 6.07) is -0.684. The fourth-order valence-electron chi connectivity index (χ4n) is 1.88. The molecule has 0 spiro atoms. The van der Waals surface area contributed by atoms with Crippen molar-refractivity contribution in [2.45, 2.75) is 46.6 Å². The van der Waals surface area contributed by atoms with Gasteiger partial charge in [0.2, 0.25) is 5.91 Å². The summed E-state index contributed by atoms with van der Waals surface area (Å²) in [6.45, 7) is 6.89. The minimum atomic E-state index is -0.981. The van der Waals surface area contributed by atoms with Crippen molar-refractivity contribution in [1.29, 1.82) is 0 Å². The molecule has 0 heterocycles. The van der Waals surface area contributed by atoms with Gasteiger partial charge in [0, 0.05) is 12.6 Å². The summed E-state index contributed by atoms with van der Waals surface area (Å²) in [6.07, 6.45) is 0.827. The second-order valence-corrected chi connectivity index (χ2v) is 5.14. The Morgan fingerprint density at radius 1 is 1.25 bits per heavy atom. The van der Waals surface area contributed by atoms with Gasteiger partial charge in [-0.25, -0.2) is 4.79 Å². The number of urea groups is 1. The summed E-state index contributed by atoms with van der Waals surface area (Å²) >= 11 is 0. The first-order chi connectivity index (χ1) is 9.20. The zero-order chi connectivity index (χ0) is 15.9. The van der Waals surface area contributed by atoms with Crippen LogP contribution in [0.25, 0.3) is 0 Å². The summed E-state index contributed by atoms with van der Waals surface area (Å²) < 4.78 is 0. The van der Waals surface area contributed by atoms with E-state index in [1.54, 1.807) is 27.7 Å². The standard InChI is InChI=1S/C13H25N3O4/c1-5-13(6-2,11(18)19)8-15-12(20)16(9(3)4)7-10(14)17/h9H,5-8H2,1-4H3,(H2,14,17)(H,15,20)(H,18,19). The molecule has 0 aliphatic heterocycles. The van der Waals surface area contributed by atoms with Gasteiger partial charge >= 0.3 is 12.0 Å². The monoisotopic (exact) mass is 287 g/mol. The highest BCUT2D eigenvalue weighted by Crippen LogP contribution is 2.25. The second-order valence-electron chi connectivity index (χ2n) is 5.14. The number of primary amides is 1. The predicted octanol–water partition coefficient (Wildman–Crippen LogP) is 0.783. The summed E-state index contributed by atoms with van der Waals surface area (Å²) in [5.74, 6) is -1.54. The molecule has 0 unspecified atom stereocenters. The lowest BCUT2D eigenvalue weighted by Gasteiger charge is -2.30. The maximum atomic E-state index is 12.0. The van der Waals surface area contributed by atoms with E-state index in [9.17, 15) is 19.5 Å². The summed E-state index contributed by atoms with van der Waals surface area (Å²) in [5, 5.41) is 11.9. The lowest BCUT2D eigenvalue weighted by atomic mass is 9.82. The second kappa shape index (κ2) is 7.72. The van der Waals surface area contributed by atoms with Crippen molar-refractivity contribution < 1.29 is 19.5 Å². The van der Waals surface area contributed by atoms with E-state index in [-0.39, 0.29) is 19.1 Å². The first-order valence-corrected chi connectivity index (χ1v) is 6.76. The Morgan fingerprint density at radius 3 is 2.05 bits per heavy atom. The number of carboxylic acids is 1. The smallest absolute Gasteiger partial charge is 0.318 e. The molecule has 0 aliphatic carbocycles. The Kier molecular flexibility index (Phi) is 7.02. The van der Waals surface area contributed by atoms with Crippen LogP contribution in [0.4, 0.5) is 4.79 Å². The number of carboxylic acid groups (broad SMARTS) is 1. The molecule has 0 rings (SSSR count). The van der Waals surface area contributed by atoms with Gasteiger partial charge in [-0.3, -0.25) is 9.59 Å². The maximum Gasteiger partial charge on any atom is 0.318 e. The van der Waals surface area contributed by atoms with Crippen LogP contribution in [0.2, 0.25) is 0 Å². The van der Waals surface area contributed by atoms with Gasteiger partial charge in [-0.1, -0.05) is 13.8 Å². The van der Waals surface area contributed by atoms with Gasteiger partial charge in [-0.15, -0.1) is 0 Å². The molecule has 0 fully saturated rings. The number of amides is 3. The van der Waals surface area contributed by atoms with Gasteiger partial charge in [0.25, 0.3) is 0 Å². The number of hydrogen-bond acceptors (Lipinski definition) is 3. The molecular weight excluding hydrogens is 262 g/mol. The quantitative estimate of drug-likeness (QED) is 0.612. The van der Waals surface area contributed by atoms with E-state index in [0.29, 0.717) is 12.8 Å². The normalized spacial score (nSPS) is 11.2. The third-order valence-electron chi connectivity index (χ3n) is 3.60. The molecule has 0 atom stereocenters. The van der Waals surface area contributed by atoms with Gasteiger partial charge in [0.05, 0.1) is 5.41 Å². The molecule has 0 saturated carbocycles. The van der Waals surface area contributed by atoms with E-state index >= 15 is 0 Å². The zero-order valence-corrected chi connectivity index (χ0v) is 12.6. The number of hydrogen-bond donors (Lipinski definition) is 3. The van der Waals surface area contributed by atoms with E-state index in [1.165, 1.54) is 4.90 Å². The Labute approximate surface area is 119 Å². The molecule has 3 amide bonds. The van der Waals surface area contributed by atoms with Crippen molar-refractivity contribution in [3.05, 3.63) is 0 Å². The summed E-state index contributed by atoms with van der Waals surface area (Å²) in [4.78, 5) is 35.6. The first kappa shape index (κ1) is 18.2. The summed E-state index contributed by atoms with van der Waals surface area (Å²) in [5.41, 5.74) is 4.12. The Hall–Kier alpha value is -1.79. The molecule has 0 aliphatic rings. The molecular formula is C13H25N3O4. The molecule has 0 radical (unpaired) electrons. The minimum absolute atomic E-state index is 0.0240. The average molecular weight is 287 g/mol. The third-order valence-corrected chi connectivity index (χ3v) is 3.60. The largest absolute Gasteiger partial charge is 0.481 e. The van der Waals surface area contributed by atoms with Crippen molar-refractivity contribution in [3.8, 4) is 0 Å². The van der Waals surface area contributed by atoms with Crippen molar-refractivity contribution in [1.82, 2.24) is 10.2 Å². The first-order valence-electron chi connectivity index (χ1n) is 6.76. The van der Waals surface area contributed by atoms with Crippen LogP contribution in [0.15, 0.2) is 0 Å². The minimum Gasteiger partial charge on any atom is -0.481 e. The number of carbonyl (C=O) groups is 3. The molecule has 0 bridgehead atoms. The Balaban J connectivity index is 4.80. The van der Waals surface area contributed by atoms with Crippen LogP contribution in [-0.2, 0) is 9.59 Å². The van der Waals surface area contributed by atoms with E-state index in [1.807, 2.05) is 0 Å². The van der Waals surface area contributed by atoms with Crippen molar-refractivity contribution in [3.63, 3.8) is 0 Å². The lowest BCUT2D eigenvalue weighted by Crippen LogP contribution is -2.51. The van der Waals surface area contributed by atoms with E-state index < -0.39 is 23.3 Å². The van der Waals surface area contributed by atoms with E-state index in [2.05, 4.69) is 5.32 Å². The topological polar surface area (TPSA) is 113 Å². The molecule has 116 valence electrons. The Bertz CT molecular complexity index is 365. The van der Waals surface area contributed by atoms with Crippen LogP contribution < -0.4 is 11.1 Å². The number of rotatable bonds is 8. The molecule has 0 saturated heterocycles. The number of nitrogens with two attached hydrogens (primary N) is 1. The fourth-order valence-corrected chi connectivity index (χ4v) is 1.88. The number of nitrogens with one attached hydrogen (secondary N) is 1. The Morgan fingerprint density at radius 2 is 1.75 bits per heavy atom. The number of nitrogens with zero attached hydrogens (tertiary/aromatic N) is 1. The maximum absolute atomic E-state index is 12.0. The third kappa shape index (κ3) is 4.71. The molecule has 0 aromatic rings. The number of carbonyl (C=O) groups excluding carboxylic acids is 2. The highest BCUT2D eigenvalue weighted by Gasteiger charge is 2.35. The molecule has 7 heteroatoms. The van der Waals surface area contributed by atoms with Gasteiger partial charge in [0.1, 0.15) is 6.54 Å².